The van der Waals surface area contributed by atoms with Gasteiger partial charge in [0.2, 0.25) is 0 Å². The lowest BCUT2D eigenvalue weighted by Gasteiger charge is -2.06. The minimum atomic E-state index is 0.461. The highest BCUT2D eigenvalue weighted by molar-refractivity contribution is 6.45. The molecule has 0 aromatic carbocycles. The molecule has 0 aromatic rings. The number of hydrogen-bond donors (Lipinski definition) is 1. The molecule has 1 aliphatic rings. The second-order valence-electron chi connectivity index (χ2n) is 2.05. The van der Waals surface area contributed by atoms with Gasteiger partial charge in [-0.3, -0.25) is 5.41 Å². The lowest BCUT2D eigenvalue weighted by Crippen LogP contribution is -2.01. The fourth-order valence-corrected chi connectivity index (χ4v) is 0.970. The maximum atomic E-state index is 7.33. The van der Waals surface area contributed by atoms with Crippen molar-refractivity contribution >= 4 is 17.3 Å². The van der Waals surface area contributed by atoms with Crippen molar-refractivity contribution < 1.29 is 0 Å². The number of allylic oxidation sites excluding steroid dienone is 4. The van der Waals surface area contributed by atoms with Crippen LogP contribution in [0, 0.1) is 5.41 Å². The summed E-state index contributed by atoms with van der Waals surface area (Å²) in [5.74, 6) is 0. The van der Waals surface area contributed by atoms with E-state index in [1.165, 1.54) is 0 Å². The maximum Gasteiger partial charge on any atom is 0.0749 e. The first-order valence-electron chi connectivity index (χ1n) is 2.83. The van der Waals surface area contributed by atoms with E-state index in [0.717, 1.165) is 12.0 Å². The van der Waals surface area contributed by atoms with Gasteiger partial charge in [-0.15, -0.1) is 0 Å². The quantitative estimate of drug-likeness (QED) is 0.536. The van der Waals surface area contributed by atoms with Crippen LogP contribution in [0.4, 0.5) is 0 Å². The van der Waals surface area contributed by atoms with Crippen molar-refractivity contribution in [1.29, 1.82) is 5.41 Å². The van der Waals surface area contributed by atoms with Crippen LogP contribution in [-0.2, 0) is 0 Å². The standard InChI is InChI=1S/C7H8ClN/c1-5-3-2-4-6(8)7(5)9/h3-4,9H,2H2,1H3. The Kier molecular flexibility index (Phi) is 1.72. The largest absolute Gasteiger partial charge is 0.299 e. The van der Waals surface area contributed by atoms with E-state index >= 15 is 0 Å². The van der Waals surface area contributed by atoms with E-state index in [0.29, 0.717) is 10.7 Å². The minimum absolute atomic E-state index is 0.461. The van der Waals surface area contributed by atoms with E-state index in [1.807, 2.05) is 19.1 Å². The van der Waals surface area contributed by atoms with Gasteiger partial charge < -0.3 is 0 Å². The van der Waals surface area contributed by atoms with Crippen LogP contribution in [-0.4, -0.2) is 5.71 Å². The molecule has 0 saturated carbocycles. The lowest BCUT2D eigenvalue weighted by molar-refractivity contribution is 1.29. The van der Waals surface area contributed by atoms with Crippen molar-refractivity contribution in [2.24, 2.45) is 0 Å². The lowest BCUT2D eigenvalue weighted by atomic mass is 10.1. The Bertz CT molecular complexity index is 181. The molecule has 0 bridgehead atoms. The van der Waals surface area contributed by atoms with E-state index in [-0.39, 0.29) is 0 Å². The summed E-state index contributed by atoms with van der Waals surface area (Å²) in [5, 5.41) is 7.91. The highest BCUT2D eigenvalue weighted by atomic mass is 35.5. The summed E-state index contributed by atoms with van der Waals surface area (Å²) in [6.07, 6.45) is 4.71. The first-order valence-corrected chi connectivity index (χ1v) is 3.21. The summed E-state index contributed by atoms with van der Waals surface area (Å²) in [5.41, 5.74) is 1.44. The molecule has 9 heavy (non-hydrogen) atoms. The topological polar surface area (TPSA) is 23.9 Å². The fraction of sp³-hybridized carbons (Fsp3) is 0.286. The highest BCUT2D eigenvalue weighted by Crippen LogP contribution is 2.16. The van der Waals surface area contributed by atoms with Crippen LogP contribution >= 0.6 is 11.6 Å². The molecular formula is C7H8ClN. The molecule has 1 nitrogen and oxygen atoms in total. The summed E-state index contributed by atoms with van der Waals surface area (Å²) >= 11 is 5.66. The molecule has 48 valence electrons. The van der Waals surface area contributed by atoms with Gasteiger partial charge in [0.05, 0.1) is 10.7 Å². The van der Waals surface area contributed by atoms with E-state index < -0.39 is 0 Å². The third-order valence-electron chi connectivity index (χ3n) is 1.35. The molecule has 1 rings (SSSR count). The molecule has 0 saturated heterocycles. The molecule has 0 unspecified atom stereocenters. The van der Waals surface area contributed by atoms with Gasteiger partial charge in [-0.2, -0.15) is 0 Å². The Balaban J connectivity index is 2.86. The molecule has 0 aromatic heterocycles. The summed E-state index contributed by atoms with van der Waals surface area (Å²) in [6, 6.07) is 0. The number of halogens is 1. The minimum Gasteiger partial charge on any atom is -0.299 e. The predicted octanol–water partition coefficient (Wildman–Crippen LogP) is 2.48. The molecule has 0 amide bonds. The summed E-state index contributed by atoms with van der Waals surface area (Å²) in [4.78, 5) is 0. The van der Waals surface area contributed by atoms with Crippen LogP contribution in [0.5, 0.6) is 0 Å². The zero-order chi connectivity index (χ0) is 6.85. The highest BCUT2D eigenvalue weighted by Gasteiger charge is 2.06. The van der Waals surface area contributed by atoms with Crippen LogP contribution in [0.25, 0.3) is 0 Å². The molecular weight excluding hydrogens is 134 g/mol. The van der Waals surface area contributed by atoms with Gasteiger partial charge in [-0.25, -0.2) is 0 Å². The molecule has 0 spiro atoms. The normalized spacial score (nSPS) is 19.1. The third kappa shape index (κ3) is 1.22. The molecule has 0 aliphatic heterocycles. The average molecular weight is 142 g/mol. The predicted molar refractivity (Wildman–Crippen MR) is 40.0 cm³/mol. The molecule has 0 atom stereocenters. The molecule has 0 radical (unpaired) electrons. The average Bonchev–Trinajstić information content (AvgIpc) is 1.83. The van der Waals surface area contributed by atoms with E-state index in [1.54, 1.807) is 0 Å². The van der Waals surface area contributed by atoms with Gasteiger partial charge >= 0.3 is 0 Å². The second-order valence-corrected chi connectivity index (χ2v) is 2.46. The number of nitrogens with one attached hydrogen (secondary N) is 1. The first kappa shape index (κ1) is 6.56. The molecule has 1 N–H and O–H groups in total. The SMILES string of the molecule is CC1=CCC=C(Cl)C1=N. The Morgan fingerprint density at radius 1 is 1.56 bits per heavy atom. The summed E-state index contributed by atoms with van der Waals surface area (Å²) in [7, 11) is 0. The fourth-order valence-electron chi connectivity index (χ4n) is 0.732. The maximum absolute atomic E-state index is 7.33. The Hall–Kier alpha value is -0.560. The van der Waals surface area contributed by atoms with E-state index in [2.05, 4.69) is 0 Å². The Morgan fingerprint density at radius 3 is 2.67 bits per heavy atom. The van der Waals surface area contributed by atoms with Crippen LogP contribution < -0.4 is 0 Å². The zero-order valence-electron chi connectivity index (χ0n) is 5.24. The number of rotatable bonds is 0. The van der Waals surface area contributed by atoms with Gasteiger partial charge in [0.15, 0.2) is 0 Å². The van der Waals surface area contributed by atoms with Crippen LogP contribution in [0.1, 0.15) is 13.3 Å². The second kappa shape index (κ2) is 2.36. The van der Waals surface area contributed by atoms with Crippen molar-refractivity contribution in [2.75, 3.05) is 0 Å². The summed E-state index contributed by atoms with van der Waals surface area (Å²) in [6.45, 7) is 1.90. The molecule has 1 aliphatic carbocycles. The third-order valence-corrected chi connectivity index (χ3v) is 1.70. The van der Waals surface area contributed by atoms with Crippen molar-refractivity contribution in [3.05, 3.63) is 22.8 Å². The Morgan fingerprint density at radius 2 is 2.22 bits per heavy atom. The van der Waals surface area contributed by atoms with Gasteiger partial charge in [0.25, 0.3) is 0 Å². The van der Waals surface area contributed by atoms with Gasteiger partial charge in [-0.1, -0.05) is 23.8 Å². The van der Waals surface area contributed by atoms with E-state index in [4.69, 9.17) is 17.0 Å². The zero-order valence-corrected chi connectivity index (χ0v) is 6.00. The van der Waals surface area contributed by atoms with Crippen molar-refractivity contribution in [2.45, 2.75) is 13.3 Å². The summed E-state index contributed by atoms with van der Waals surface area (Å²) < 4.78 is 0. The van der Waals surface area contributed by atoms with Crippen molar-refractivity contribution in [3.8, 4) is 0 Å². The van der Waals surface area contributed by atoms with Gasteiger partial charge in [0, 0.05) is 0 Å². The van der Waals surface area contributed by atoms with Gasteiger partial charge in [0.1, 0.15) is 0 Å². The first-order chi connectivity index (χ1) is 4.22. The van der Waals surface area contributed by atoms with Crippen LogP contribution in [0.15, 0.2) is 22.8 Å². The molecule has 0 heterocycles. The smallest absolute Gasteiger partial charge is 0.0749 e. The Labute approximate surface area is 59.5 Å². The monoisotopic (exact) mass is 141 g/mol. The molecule has 2 heteroatoms. The van der Waals surface area contributed by atoms with Crippen LogP contribution in [0.2, 0.25) is 0 Å². The van der Waals surface area contributed by atoms with Crippen molar-refractivity contribution in [1.82, 2.24) is 0 Å². The van der Waals surface area contributed by atoms with Crippen LogP contribution in [0.3, 0.4) is 0 Å². The molecule has 0 fully saturated rings. The van der Waals surface area contributed by atoms with E-state index in [9.17, 15) is 0 Å². The van der Waals surface area contributed by atoms with Crippen molar-refractivity contribution in [3.63, 3.8) is 0 Å². The number of hydrogen-bond acceptors (Lipinski definition) is 1. The van der Waals surface area contributed by atoms with Gasteiger partial charge in [-0.05, 0) is 18.9 Å².